The second-order valence-corrected chi connectivity index (χ2v) is 3.28. The van der Waals surface area contributed by atoms with Crippen LogP contribution < -0.4 is 0 Å². The van der Waals surface area contributed by atoms with Crippen LogP contribution >= 0.6 is 0 Å². The van der Waals surface area contributed by atoms with Gasteiger partial charge in [-0.05, 0) is 18.8 Å². The van der Waals surface area contributed by atoms with Crippen LogP contribution in [0.5, 0.6) is 0 Å². The maximum absolute atomic E-state index is 13.1. The maximum atomic E-state index is 13.1. The zero-order valence-electron chi connectivity index (χ0n) is 6.81. The minimum Gasteiger partial charge on any atom is -0.396 e. The SMILES string of the molecule is OCCc1[nH]cc(F)c1C1CC1. The highest BCUT2D eigenvalue weighted by Gasteiger charge is 2.29. The molecule has 3 heteroatoms. The van der Waals surface area contributed by atoms with Crippen molar-refractivity contribution in [3.8, 4) is 0 Å². The minimum absolute atomic E-state index is 0.0830. The average Bonchev–Trinajstić information content (AvgIpc) is 2.80. The van der Waals surface area contributed by atoms with Crippen LogP contribution in [0.15, 0.2) is 6.20 Å². The van der Waals surface area contributed by atoms with Gasteiger partial charge in [0.1, 0.15) is 5.82 Å². The van der Waals surface area contributed by atoms with Crippen LogP contribution in [0.3, 0.4) is 0 Å². The number of aromatic nitrogens is 1. The molecular formula is C9H12FNO. The summed E-state index contributed by atoms with van der Waals surface area (Å²) in [7, 11) is 0. The van der Waals surface area contributed by atoms with Gasteiger partial charge >= 0.3 is 0 Å². The summed E-state index contributed by atoms with van der Waals surface area (Å²) in [5.74, 6) is 0.277. The maximum Gasteiger partial charge on any atom is 0.144 e. The molecule has 2 nitrogen and oxygen atoms in total. The predicted molar refractivity (Wildman–Crippen MR) is 43.5 cm³/mol. The van der Waals surface area contributed by atoms with E-state index in [9.17, 15) is 4.39 Å². The van der Waals surface area contributed by atoms with Crippen molar-refractivity contribution in [3.63, 3.8) is 0 Å². The molecule has 1 aliphatic rings. The largest absolute Gasteiger partial charge is 0.396 e. The van der Waals surface area contributed by atoms with E-state index in [4.69, 9.17) is 5.11 Å². The van der Waals surface area contributed by atoms with Gasteiger partial charge in [0.25, 0.3) is 0 Å². The van der Waals surface area contributed by atoms with Gasteiger partial charge < -0.3 is 10.1 Å². The van der Waals surface area contributed by atoms with Crippen molar-refractivity contribution < 1.29 is 9.50 Å². The zero-order chi connectivity index (χ0) is 8.55. The second kappa shape index (κ2) is 2.90. The molecule has 12 heavy (non-hydrogen) atoms. The molecule has 2 N–H and O–H groups in total. The van der Waals surface area contributed by atoms with Crippen LogP contribution in [0, 0.1) is 5.82 Å². The number of hydrogen-bond acceptors (Lipinski definition) is 1. The van der Waals surface area contributed by atoms with E-state index in [1.807, 2.05) is 0 Å². The molecular weight excluding hydrogens is 157 g/mol. The smallest absolute Gasteiger partial charge is 0.144 e. The molecule has 0 spiro atoms. The molecule has 1 aromatic heterocycles. The Labute approximate surface area is 70.4 Å². The first-order valence-corrected chi connectivity index (χ1v) is 4.29. The van der Waals surface area contributed by atoms with Crippen LogP contribution in [0.25, 0.3) is 0 Å². The van der Waals surface area contributed by atoms with Crippen molar-refractivity contribution >= 4 is 0 Å². The Hall–Kier alpha value is -0.830. The Bertz CT molecular complexity index is 278. The molecule has 66 valence electrons. The molecule has 0 atom stereocenters. The molecule has 0 bridgehead atoms. The van der Waals surface area contributed by atoms with Crippen LogP contribution in [-0.4, -0.2) is 16.7 Å². The first-order valence-electron chi connectivity index (χ1n) is 4.29. The van der Waals surface area contributed by atoms with Crippen molar-refractivity contribution in [2.24, 2.45) is 0 Å². The summed E-state index contributed by atoms with van der Waals surface area (Å²) in [6, 6.07) is 0. The van der Waals surface area contributed by atoms with Crippen LogP contribution in [-0.2, 0) is 6.42 Å². The van der Waals surface area contributed by atoms with Gasteiger partial charge in [-0.1, -0.05) is 0 Å². The lowest BCUT2D eigenvalue weighted by Gasteiger charge is -1.99. The number of H-pyrrole nitrogens is 1. The molecule has 1 fully saturated rings. The molecule has 1 aromatic rings. The van der Waals surface area contributed by atoms with E-state index in [2.05, 4.69) is 4.98 Å². The number of aromatic amines is 1. The summed E-state index contributed by atoms with van der Waals surface area (Å²) in [4.78, 5) is 2.86. The van der Waals surface area contributed by atoms with Crippen molar-refractivity contribution in [1.82, 2.24) is 4.98 Å². The summed E-state index contributed by atoms with van der Waals surface area (Å²) in [6.45, 7) is 0.0830. The lowest BCUT2D eigenvalue weighted by molar-refractivity contribution is 0.298. The number of aliphatic hydroxyl groups excluding tert-OH is 1. The molecule has 1 heterocycles. The number of halogens is 1. The molecule has 0 saturated heterocycles. The Kier molecular flexibility index (Phi) is 1.89. The van der Waals surface area contributed by atoms with E-state index in [0.29, 0.717) is 12.3 Å². The summed E-state index contributed by atoms with van der Waals surface area (Å²) in [5, 5.41) is 8.71. The fourth-order valence-corrected chi connectivity index (χ4v) is 1.58. The van der Waals surface area contributed by atoms with E-state index < -0.39 is 0 Å². The Morgan fingerprint density at radius 3 is 2.92 bits per heavy atom. The standard InChI is InChI=1S/C9H12FNO/c10-7-5-11-8(3-4-12)9(7)6-1-2-6/h5-6,11-12H,1-4H2. The fraction of sp³-hybridized carbons (Fsp3) is 0.556. The molecule has 0 aromatic carbocycles. The third kappa shape index (κ3) is 1.25. The van der Waals surface area contributed by atoms with Crippen molar-refractivity contribution in [1.29, 1.82) is 0 Å². The number of aliphatic hydroxyl groups is 1. The summed E-state index contributed by atoms with van der Waals surface area (Å²) in [6.07, 6.45) is 4.11. The highest BCUT2D eigenvalue weighted by atomic mass is 19.1. The molecule has 0 unspecified atom stereocenters. The molecule has 1 saturated carbocycles. The Morgan fingerprint density at radius 1 is 1.58 bits per heavy atom. The van der Waals surface area contributed by atoms with Crippen LogP contribution in [0.1, 0.15) is 30.0 Å². The predicted octanol–water partition coefficient (Wildman–Crippen LogP) is 1.57. The molecule has 2 rings (SSSR count). The van der Waals surface area contributed by atoms with Crippen LogP contribution in [0.2, 0.25) is 0 Å². The highest BCUT2D eigenvalue weighted by molar-refractivity contribution is 5.30. The van der Waals surface area contributed by atoms with E-state index in [-0.39, 0.29) is 12.4 Å². The van der Waals surface area contributed by atoms with Crippen molar-refractivity contribution in [2.75, 3.05) is 6.61 Å². The van der Waals surface area contributed by atoms with Gasteiger partial charge in [-0.2, -0.15) is 0 Å². The quantitative estimate of drug-likeness (QED) is 0.707. The lowest BCUT2D eigenvalue weighted by Crippen LogP contribution is -1.95. The summed E-state index contributed by atoms with van der Waals surface area (Å²) >= 11 is 0. The van der Waals surface area contributed by atoms with Crippen molar-refractivity contribution in [3.05, 3.63) is 23.3 Å². The third-order valence-corrected chi connectivity index (χ3v) is 2.30. The highest BCUT2D eigenvalue weighted by Crippen LogP contribution is 2.42. The Balaban J connectivity index is 2.27. The van der Waals surface area contributed by atoms with E-state index >= 15 is 0 Å². The van der Waals surface area contributed by atoms with E-state index in [0.717, 1.165) is 24.1 Å². The number of nitrogens with one attached hydrogen (secondary N) is 1. The monoisotopic (exact) mass is 169 g/mol. The second-order valence-electron chi connectivity index (χ2n) is 3.28. The number of rotatable bonds is 3. The van der Waals surface area contributed by atoms with Gasteiger partial charge in [0.05, 0.1) is 0 Å². The molecule has 0 aliphatic heterocycles. The fourth-order valence-electron chi connectivity index (χ4n) is 1.58. The molecule has 0 radical (unpaired) electrons. The van der Waals surface area contributed by atoms with Gasteiger partial charge in [-0.15, -0.1) is 0 Å². The first kappa shape index (κ1) is 7.80. The first-order chi connectivity index (χ1) is 5.83. The molecule has 1 aliphatic carbocycles. The summed E-state index contributed by atoms with van der Waals surface area (Å²) < 4.78 is 13.1. The van der Waals surface area contributed by atoms with Gasteiger partial charge in [-0.25, -0.2) is 4.39 Å². The minimum atomic E-state index is -0.138. The van der Waals surface area contributed by atoms with E-state index in [1.165, 1.54) is 6.20 Å². The zero-order valence-corrected chi connectivity index (χ0v) is 6.81. The van der Waals surface area contributed by atoms with Crippen LogP contribution in [0.4, 0.5) is 4.39 Å². The third-order valence-electron chi connectivity index (χ3n) is 2.30. The van der Waals surface area contributed by atoms with Crippen molar-refractivity contribution in [2.45, 2.75) is 25.2 Å². The van der Waals surface area contributed by atoms with Gasteiger partial charge in [-0.3, -0.25) is 0 Å². The summed E-state index contributed by atoms with van der Waals surface area (Å²) in [5.41, 5.74) is 1.68. The average molecular weight is 169 g/mol. The normalized spacial score (nSPS) is 16.8. The topological polar surface area (TPSA) is 36.0 Å². The van der Waals surface area contributed by atoms with E-state index in [1.54, 1.807) is 0 Å². The van der Waals surface area contributed by atoms with Gasteiger partial charge in [0.2, 0.25) is 0 Å². The van der Waals surface area contributed by atoms with Gasteiger partial charge in [0.15, 0.2) is 0 Å². The number of hydrogen-bond donors (Lipinski definition) is 2. The Morgan fingerprint density at radius 2 is 2.33 bits per heavy atom. The molecule has 0 amide bonds. The lowest BCUT2D eigenvalue weighted by atomic mass is 10.1. The van der Waals surface area contributed by atoms with Gasteiger partial charge in [0, 0.05) is 30.5 Å².